The molecule has 0 unspecified atom stereocenters. The summed E-state index contributed by atoms with van der Waals surface area (Å²) < 4.78 is 0. The fraction of sp³-hybridized carbons (Fsp3) is 0.0196. The highest BCUT2D eigenvalue weighted by atomic mass is 14.9. The van der Waals surface area contributed by atoms with Gasteiger partial charge < -0.3 is 0 Å². The molecule has 4 heteroatoms. The lowest BCUT2D eigenvalue weighted by molar-refractivity contribution is 0.768. The predicted octanol–water partition coefficient (Wildman–Crippen LogP) is 12.0. The first-order valence-electron chi connectivity index (χ1n) is 18.5. The molecule has 6 aromatic carbocycles. The Labute approximate surface area is 320 Å². The van der Waals surface area contributed by atoms with E-state index in [4.69, 9.17) is 9.97 Å². The largest absolute Gasteiger partial charge is 0.265 e. The van der Waals surface area contributed by atoms with Gasteiger partial charge in [-0.3, -0.25) is 9.97 Å². The Hall–Kier alpha value is -7.30. The van der Waals surface area contributed by atoms with Gasteiger partial charge in [0.25, 0.3) is 0 Å². The van der Waals surface area contributed by atoms with E-state index in [1.165, 1.54) is 33.4 Å². The molecule has 3 heterocycles. The van der Waals surface area contributed by atoms with Crippen LogP contribution in [-0.2, 0) is 5.41 Å². The van der Waals surface area contributed by atoms with Crippen molar-refractivity contribution in [1.82, 2.24) is 19.9 Å². The number of pyridine rings is 2. The Morgan fingerprint density at radius 2 is 0.855 bits per heavy atom. The summed E-state index contributed by atoms with van der Waals surface area (Å²) in [4.78, 5) is 19.1. The fourth-order valence-corrected chi connectivity index (χ4v) is 8.20. The van der Waals surface area contributed by atoms with Gasteiger partial charge in [-0.15, -0.1) is 0 Å². The van der Waals surface area contributed by atoms with Crippen LogP contribution in [0.15, 0.2) is 207 Å². The summed E-state index contributed by atoms with van der Waals surface area (Å²) in [6.45, 7) is 0. The zero-order valence-corrected chi connectivity index (χ0v) is 29.9. The molecule has 4 nitrogen and oxygen atoms in total. The molecule has 9 aromatic rings. The zero-order chi connectivity index (χ0) is 36.6. The minimum atomic E-state index is -0.518. The second kappa shape index (κ2) is 13.6. The van der Waals surface area contributed by atoms with E-state index >= 15 is 0 Å². The number of nitrogens with zero attached hydrogens (tertiary/aromatic N) is 4. The van der Waals surface area contributed by atoms with Gasteiger partial charge in [-0.25, -0.2) is 9.97 Å². The average molecular weight is 703 g/mol. The van der Waals surface area contributed by atoms with Crippen LogP contribution in [0.3, 0.4) is 0 Å². The number of rotatable bonds is 7. The maximum atomic E-state index is 5.31. The zero-order valence-electron chi connectivity index (χ0n) is 29.9. The third kappa shape index (κ3) is 5.63. The van der Waals surface area contributed by atoms with Crippen LogP contribution in [0, 0.1) is 0 Å². The molecule has 0 atom stereocenters. The van der Waals surface area contributed by atoms with E-state index in [0.29, 0.717) is 5.82 Å². The molecule has 55 heavy (non-hydrogen) atoms. The van der Waals surface area contributed by atoms with Crippen molar-refractivity contribution in [3.8, 4) is 67.3 Å². The Balaban J connectivity index is 1.16. The molecule has 1 aliphatic carbocycles. The molecule has 3 aromatic heterocycles. The molecule has 0 saturated heterocycles. The summed E-state index contributed by atoms with van der Waals surface area (Å²) in [5.74, 6) is 0.677. The molecule has 10 rings (SSSR count). The number of hydrogen-bond acceptors (Lipinski definition) is 4. The van der Waals surface area contributed by atoms with Crippen LogP contribution in [0.2, 0.25) is 0 Å². The standard InChI is InChI=1S/C51H34N4/c1-3-11-42(12-4-1)51(43-13-5-2-6-14-43)46-16-8-7-15-44(46)45-26-25-40(32-47(45)51)50-54-48(38-21-17-35(18-22-38)37-27-30-52-31-28-37)33-49(55-50)39-23-19-36(20-24-39)41-10-9-29-53-34-41/h1-34H. The van der Waals surface area contributed by atoms with Gasteiger partial charge in [0, 0.05) is 41.5 Å². The number of fused-ring (bicyclic) bond motifs is 3. The van der Waals surface area contributed by atoms with Gasteiger partial charge in [-0.05, 0) is 86.0 Å². The number of aromatic nitrogens is 4. The van der Waals surface area contributed by atoms with Crippen LogP contribution < -0.4 is 0 Å². The Morgan fingerprint density at radius 3 is 1.47 bits per heavy atom. The molecule has 0 aliphatic heterocycles. The maximum Gasteiger partial charge on any atom is 0.160 e. The molecule has 0 saturated carbocycles. The summed E-state index contributed by atoms with van der Waals surface area (Å²) in [6.07, 6.45) is 7.34. The van der Waals surface area contributed by atoms with Crippen LogP contribution >= 0.6 is 0 Å². The first-order chi connectivity index (χ1) is 27.3. The second-order valence-corrected chi connectivity index (χ2v) is 13.9. The molecular weight excluding hydrogens is 669 g/mol. The minimum Gasteiger partial charge on any atom is -0.265 e. The minimum absolute atomic E-state index is 0.518. The molecule has 0 amide bonds. The van der Waals surface area contributed by atoms with Gasteiger partial charge in [-0.2, -0.15) is 0 Å². The topological polar surface area (TPSA) is 51.6 Å². The van der Waals surface area contributed by atoms with E-state index in [0.717, 1.165) is 50.3 Å². The van der Waals surface area contributed by atoms with Gasteiger partial charge in [0.15, 0.2) is 5.82 Å². The Kier molecular flexibility index (Phi) is 8.00. The molecule has 0 spiro atoms. The Morgan fingerprint density at radius 1 is 0.327 bits per heavy atom. The lowest BCUT2D eigenvalue weighted by Gasteiger charge is -2.34. The van der Waals surface area contributed by atoms with E-state index in [1.807, 2.05) is 36.8 Å². The van der Waals surface area contributed by atoms with Crippen molar-refractivity contribution in [3.63, 3.8) is 0 Å². The van der Waals surface area contributed by atoms with Crippen LogP contribution in [0.1, 0.15) is 22.3 Å². The van der Waals surface area contributed by atoms with Crippen molar-refractivity contribution >= 4 is 0 Å². The molecular formula is C51H34N4. The van der Waals surface area contributed by atoms with Crippen molar-refractivity contribution in [2.45, 2.75) is 5.41 Å². The molecule has 258 valence electrons. The van der Waals surface area contributed by atoms with Gasteiger partial charge in [0.1, 0.15) is 0 Å². The maximum absolute atomic E-state index is 5.31. The van der Waals surface area contributed by atoms with Gasteiger partial charge in [0.05, 0.1) is 16.8 Å². The lowest BCUT2D eigenvalue weighted by atomic mass is 9.67. The quantitative estimate of drug-likeness (QED) is 0.166. The van der Waals surface area contributed by atoms with E-state index in [9.17, 15) is 0 Å². The average Bonchev–Trinajstić information content (AvgIpc) is 3.58. The highest BCUT2D eigenvalue weighted by molar-refractivity contribution is 5.88. The fourth-order valence-electron chi connectivity index (χ4n) is 8.20. The predicted molar refractivity (Wildman–Crippen MR) is 222 cm³/mol. The van der Waals surface area contributed by atoms with Crippen molar-refractivity contribution in [2.24, 2.45) is 0 Å². The highest BCUT2D eigenvalue weighted by Gasteiger charge is 2.46. The molecule has 0 radical (unpaired) electrons. The number of hydrogen-bond donors (Lipinski definition) is 0. The second-order valence-electron chi connectivity index (χ2n) is 13.9. The number of benzene rings is 6. The van der Waals surface area contributed by atoms with E-state index in [2.05, 4.69) is 174 Å². The third-order valence-electron chi connectivity index (χ3n) is 10.8. The first-order valence-corrected chi connectivity index (χ1v) is 18.5. The van der Waals surface area contributed by atoms with Gasteiger partial charge in [-0.1, -0.05) is 152 Å². The highest BCUT2D eigenvalue weighted by Crippen LogP contribution is 2.56. The van der Waals surface area contributed by atoms with Crippen LogP contribution in [0.5, 0.6) is 0 Å². The van der Waals surface area contributed by atoms with Crippen molar-refractivity contribution in [1.29, 1.82) is 0 Å². The molecule has 1 aliphatic rings. The summed E-state index contributed by atoms with van der Waals surface area (Å²) in [5, 5.41) is 0. The summed E-state index contributed by atoms with van der Waals surface area (Å²) in [6, 6.07) is 64.7. The van der Waals surface area contributed by atoms with Crippen LogP contribution in [-0.4, -0.2) is 19.9 Å². The van der Waals surface area contributed by atoms with Crippen LogP contribution in [0.25, 0.3) is 67.3 Å². The summed E-state index contributed by atoms with van der Waals surface area (Å²) >= 11 is 0. The van der Waals surface area contributed by atoms with Gasteiger partial charge in [0.2, 0.25) is 0 Å². The van der Waals surface area contributed by atoms with E-state index in [-0.39, 0.29) is 0 Å². The Bertz CT molecular complexity index is 2630. The molecule has 0 bridgehead atoms. The van der Waals surface area contributed by atoms with Gasteiger partial charge >= 0.3 is 0 Å². The van der Waals surface area contributed by atoms with Crippen molar-refractivity contribution in [3.05, 3.63) is 229 Å². The normalized spacial score (nSPS) is 12.5. The van der Waals surface area contributed by atoms with Crippen molar-refractivity contribution < 1.29 is 0 Å². The molecule has 0 N–H and O–H groups in total. The monoisotopic (exact) mass is 702 g/mol. The smallest absolute Gasteiger partial charge is 0.160 e. The molecule has 0 fully saturated rings. The third-order valence-corrected chi connectivity index (χ3v) is 10.8. The van der Waals surface area contributed by atoms with E-state index in [1.54, 1.807) is 6.20 Å². The lowest BCUT2D eigenvalue weighted by Crippen LogP contribution is -2.28. The van der Waals surface area contributed by atoms with Crippen LogP contribution in [0.4, 0.5) is 0 Å². The van der Waals surface area contributed by atoms with E-state index < -0.39 is 5.41 Å². The first kappa shape index (κ1) is 32.4. The van der Waals surface area contributed by atoms with Crippen molar-refractivity contribution in [2.75, 3.05) is 0 Å². The SMILES string of the molecule is c1ccc(C2(c3ccccc3)c3ccccc3-c3ccc(-c4nc(-c5ccc(-c6ccncc6)cc5)cc(-c5ccc(-c6cccnc6)cc5)n4)cc32)cc1. The summed E-state index contributed by atoms with van der Waals surface area (Å²) in [7, 11) is 0. The summed E-state index contributed by atoms with van der Waals surface area (Å²) in [5.41, 5.74) is 16.1.